The summed E-state index contributed by atoms with van der Waals surface area (Å²) in [5, 5.41) is 6.41. The Labute approximate surface area is 112 Å². The van der Waals surface area contributed by atoms with Crippen LogP contribution in [0.25, 0.3) is 10.7 Å². The normalized spacial score (nSPS) is 10.3. The lowest BCUT2D eigenvalue weighted by atomic mass is 10.3. The third-order valence-electron chi connectivity index (χ3n) is 2.40. The summed E-state index contributed by atoms with van der Waals surface area (Å²) in [7, 11) is 0. The molecule has 2 rings (SSSR count). The summed E-state index contributed by atoms with van der Waals surface area (Å²) < 4.78 is 0. The van der Waals surface area contributed by atoms with Gasteiger partial charge in [0.2, 0.25) is 0 Å². The average molecular weight is 259 g/mol. The van der Waals surface area contributed by atoms with Crippen molar-refractivity contribution in [3.8, 4) is 10.7 Å². The van der Waals surface area contributed by atoms with Crippen LogP contribution in [0.2, 0.25) is 0 Å². The molecule has 0 bridgehead atoms. The molecule has 0 radical (unpaired) electrons. The molecule has 1 N–H and O–H groups in total. The lowest BCUT2D eigenvalue weighted by Gasteiger charge is -1.98. The number of rotatable bonds is 5. The highest BCUT2D eigenvalue weighted by Crippen LogP contribution is 2.20. The van der Waals surface area contributed by atoms with E-state index in [0.29, 0.717) is 0 Å². The molecular weight excluding hydrogens is 242 g/mol. The fourth-order valence-corrected chi connectivity index (χ4v) is 2.27. The highest BCUT2D eigenvalue weighted by Gasteiger charge is 2.04. The first-order valence-corrected chi connectivity index (χ1v) is 6.83. The number of hydrogen-bond donors (Lipinski definition) is 1. The van der Waals surface area contributed by atoms with E-state index in [2.05, 4.69) is 40.6 Å². The van der Waals surface area contributed by atoms with Crippen LogP contribution in [0.15, 0.2) is 41.4 Å². The van der Waals surface area contributed by atoms with E-state index in [4.69, 9.17) is 0 Å². The zero-order chi connectivity index (χ0) is 12.8. The van der Waals surface area contributed by atoms with Crippen LogP contribution in [0.3, 0.4) is 0 Å². The highest BCUT2D eigenvalue weighted by molar-refractivity contribution is 7.13. The Balaban J connectivity index is 1.93. The smallest absolute Gasteiger partial charge is 0.142 e. The highest BCUT2D eigenvalue weighted by atomic mass is 32.1. The number of allylic oxidation sites excluding steroid dienone is 1. The molecule has 18 heavy (non-hydrogen) atoms. The lowest BCUT2D eigenvalue weighted by Crippen LogP contribution is -2.13. The number of pyridine rings is 1. The van der Waals surface area contributed by atoms with Crippen LogP contribution in [0.5, 0.6) is 0 Å². The minimum Gasteiger partial charge on any atom is -0.308 e. The van der Waals surface area contributed by atoms with Gasteiger partial charge in [0.25, 0.3) is 0 Å². The van der Waals surface area contributed by atoms with Gasteiger partial charge in [0.05, 0.1) is 11.4 Å². The van der Waals surface area contributed by atoms with Gasteiger partial charge in [-0.2, -0.15) is 0 Å². The molecule has 0 aromatic carbocycles. The Morgan fingerprint density at radius 3 is 3.00 bits per heavy atom. The molecule has 4 heteroatoms. The summed E-state index contributed by atoms with van der Waals surface area (Å²) in [6, 6.07) is 5.88. The fourth-order valence-electron chi connectivity index (χ4n) is 1.47. The summed E-state index contributed by atoms with van der Waals surface area (Å²) >= 11 is 1.64. The molecule has 2 aromatic rings. The number of thiazole rings is 1. The topological polar surface area (TPSA) is 37.8 Å². The van der Waals surface area contributed by atoms with Gasteiger partial charge in [-0.1, -0.05) is 17.7 Å². The van der Waals surface area contributed by atoms with Crippen molar-refractivity contribution in [2.75, 3.05) is 6.54 Å². The minimum absolute atomic E-state index is 0.799. The van der Waals surface area contributed by atoms with Gasteiger partial charge in [-0.15, -0.1) is 11.3 Å². The summed E-state index contributed by atoms with van der Waals surface area (Å²) in [6.07, 6.45) is 3.97. The van der Waals surface area contributed by atoms with Gasteiger partial charge in [-0.05, 0) is 26.0 Å². The SMILES string of the molecule is CC(C)=CCNCc1csc(-c2ccccn2)n1. The standard InChI is InChI=1S/C14H17N3S/c1-11(2)6-8-15-9-12-10-18-14(17-12)13-5-3-4-7-16-13/h3-7,10,15H,8-9H2,1-2H3. The molecule has 0 aliphatic rings. The van der Waals surface area contributed by atoms with E-state index in [1.165, 1.54) is 5.57 Å². The molecule has 0 atom stereocenters. The predicted molar refractivity (Wildman–Crippen MR) is 76.5 cm³/mol. The minimum atomic E-state index is 0.799. The van der Waals surface area contributed by atoms with E-state index >= 15 is 0 Å². The largest absolute Gasteiger partial charge is 0.308 e. The van der Waals surface area contributed by atoms with E-state index in [1.54, 1.807) is 17.5 Å². The lowest BCUT2D eigenvalue weighted by molar-refractivity contribution is 0.742. The first kappa shape index (κ1) is 12.9. The molecule has 0 fully saturated rings. The molecule has 0 saturated heterocycles. The summed E-state index contributed by atoms with van der Waals surface area (Å²) in [5.74, 6) is 0. The van der Waals surface area contributed by atoms with E-state index in [1.807, 2.05) is 18.2 Å². The van der Waals surface area contributed by atoms with Gasteiger partial charge in [-0.3, -0.25) is 4.98 Å². The Bertz CT molecular complexity index is 513. The zero-order valence-electron chi connectivity index (χ0n) is 10.7. The van der Waals surface area contributed by atoms with Gasteiger partial charge in [-0.25, -0.2) is 4.98 Å². The van der Waals surface area contributed by atoms with E-state index < -0.39 is 0 Å². The first-order valence-electron chi connectivity index (χ1n) is 5.95. The first-order chi connectivity index (χ1) is 8.75. The molecule has 94 valence electrons. The summed E-state index contributed by atoms with van der Waals surface area (Å²) in [4.78, 5) is 8.87. The van der Waals surface area contributed by atoms with Crippen molar-refractivity contribution in [2.24, 2.45) is 0 Å². The second kappa shape index (κ2) is 6.42. The van der Waals surface area contributed by atoms with Crippen LogP contribution in [0.4, 0.5) is 0 Å². The molecule has 0 unspecified atom stereocenters. The third-order valence-corrected chi connectivity index (χ3v) is 3.31. The van der Waals surface area contributed by atoms with Crippen molar-refractivity contribution < 1.29 is 0 Å². The maximum atomic E-state index is 4.57. The second-order valence-corrected chi connectivity index (χ2v) is 5.13. The molecule has 0 amide bonds. The Hall–Kier alpha value is -1.52. The maximum Gasteiger partial charge on any atom is 0.142 e. The number of hydrogen-bond acceptors (Lipinski definition) is 4. The molecule has 3 nitrogen and oxygen atoms in total. The van der Waals surface area contributed by atoms with Crippen molar-refractivity contribution in [3.05, 3.63) is 47.1 Å². The van der Waals surface area contributed by atoms with Crippen LogP contribution >= 0.6 is 11.3 Å². The second-order valence-electron chi connectivity index (χ2n) is 4.27. The number of nitrogens with one attached hydrogen (secondary N) is 1. The molecule has 2 aromatic heterocycles. The summed E-state index contributed by atoms with van der Waals surface area (Å²) in [6.45, 7) is 5.89. The van der Waals surface area contributed by atoms with E-state index in [9.17, 15) is 0 Å². The molecular formula is C14H17N3S. The number of aromatic nitrogens is 2. The Morgan fingerprint density at radius 2 is 2.28 bits per heavy atom. The van der Waals surface area contributed by atoms with Crippen LogP contribution < -0.4 is 5.32 Å². The van der Waals surface area contributed by atoms with Crippen molar-refractivity contribution in [1.82, 2.24) is 15.3 Å². The van der Waals surface area contributed by atoms with Crippen molar-refractivity contribution in [3.63, 3.8) is 0 Å². The number of nitrogens with zero attached hydrogens (tertiary/aromatic N) is 2. The van der Waals surface area contributed by atoms with Gasteiger partial charge in [0.1, 0.15) is 5.01 Å². The average Bonchev–Trinajstić information content (AvgIpc) is 2.84. The zero-order valence-corrected chi connectivity index (χ0v) is 11.5. The summed E-state index contributed by atoms with van der Waals surface area (Å²) in [5.41, 5.74) is 3.34. The molecule has 0 spiro atoms. The van der Waals surface area contributed by atoms with Gasteiger partial charge in [0.15, 0.2) is 0 Å². The van der Waals surface area contributed by atoms with Crippen LogP contribution in [0, 0.1) is 0 Å². The Kier molecular flexibility index (Phi) is 4.61. The molecule has 0 aliphatic carbocycles. The van der Waals surface area contributed by atoms with Crippen LogP contribution in [0.1, 0.15) is 19.5 Å². The van der Waals surface area contributed by atoms with E-state index in [0.717, 1.165) is 29.5 Å². The molecule has 0 aliphatic heterocycles. The van der Waals surface area contributed by atoms with Gasteiger partial charge >= 0.3 is 0 Å². The maximum absolute atomic E-state index is 4.57. The third kappa shape index (κ3) is 3.75. The molecule has 0 saturated carbocycles. The monoisotopic (exact) mass is 259 g/mol. The van der Waals surface area contributed by atoms with Crippen molar-refractivity contribution in [2.45, 2.75) is 20.4 Å². The van der Waals surface area contributed by atoms with Gasteiger partial charge in [0, 0.05) is 24.7 Å². The van der Waals surface area contributed by atoms with Crippen LogP contribution in [-0.2, 0) is 6.54 Å². The van der Waals surface area contributed by atoms with Crippen LogP contribution in [-0.4, -0.2) is 16.5 Å². The fraction of sp³-hybridized carbons (Fsp3) is 0.286. The predicted octanol–water partition coefficient (Wildman–Crippen LogP) is 3.26. The quantitative estimate of drug-likeness (QED) is 0.661. The van der Waals surface area contributed by atoms with Crippen molar-refractivity contribution in [1.29, 1.82) is 0 Å². The molecule has 2 heterocycles. The Morgan fingerprint density at radius 1 is 1.39 bits per heavy atom. The van der Waals surface area contributed by atoms with Crippen molar-refractivity contribution >= 4 is 11.3 Å². The van der Waals surface area contributed by atoms with Gasteiger partial charge < -0.3 is 5.32 Å². The van der Waals surface area contributed by atoms with E-state index in [-0.39, 0.29) is 0 Å².